The fourth-order valence-corrected chi connectivity index (χ4v) is 3.00. The monoisotopic (exact) mass is 374 g/mol. The molecule has 0 unspecified atom stereocenters. The number of carbonyl (C=O) groups excluding carboxylic acids is 2. The summed E-state index contributed by atoms with van der Waals surface area (Å²) < 4.78 is 31.3. The molecule has 0 saturated carbocycles. The fraction of sp³-hybridized carbons (Fsp3) is 0.300. The second-order valence-corrected chi connectivity index (χ2v) is 6.18. The minimum Gasteiger partial charge on any atom is -0.462 e. The second-order valence-electron chi connectivity index (χ2n) is 6.18. The minimum atomic E-state index is -1.03. The topological polar surface area (TPSA) is 49.9 Å². The van der Waals surface area contributed by atoms with E-state index in [2.05, 4.69) is 4.90 Å². The van der Waals surface area contributed by atoms with Crippen LogP contribution < -0.4 is 4.90 Å². The summed E-state index contributed by atoms with van der Waals surface area (Å²) in [4.78, 5) is 27.9. The van der Waals surface area contributed by atoms with Gasteiger partial charge in [-0.05, 0) is 49.4 Å². The lowest BCUT2D eigenvalue weighted by Gasteiger charge is -2.36. The molecule has 2 aromatic carbocycles. The number of ether oxygens (including phenoxy) is 1. The van der Waals surface area contributed by atoms with E-state index in [4.69, 9.17) is 4.74 Å². The first kappa shape index (κ1) is 18.8. The van der Waals surface area contributed by atoms with Crippen LogP contribution in [0.3, 0.4) is 0 Å². The summed E-state index contributed by atoms with van der Waals surface area (Å²) in [6.07, 6.45) is 0. The van der Waals surface area contributed by atoms with Gasteiger partial charge in [0.15, 0.2) is 11.6 Å². The summed E-state index contributed by atoms with van der Waals surface area (Å²) in [7, 11) is 0. The third kappa shape index (κ3) is 4.24. The van der Waals surface area contributed by atoms with Crippen molar-refractivity contribution in [1.82, 2.24) is 4.90 Å². The molecule has 7 heteroatoms. The van der Waals surface area contributed by atoms with Crippen molar-refractivity contribution in [3.05, 3.63) is 65.2 Å². The van der Waals surface area contributed by atoms with E-state index < -0.39 is 11.6 Å². The van der Waals surface area contributed by atoms with Crippen molar-refractivity contribution < 1.29 is 23.1 Å². The van der Waals surface area contributed by atoms with E-state index in [1.54, 1.807) is 24.0 Å². The van der Waals surface area contributed by atoms with E-state index in [9.17, 15) is 18.4 Å². The molecule has 0 bridgehead atoms. The van der Waals surface area contributed by atoms with Crippen molar-refractivity contribution in [1.29, 1.82) is 0 Å². The summed E-state index contributed by atoms with van der Waals surface area (Å²) >= 11 is 0. The average molecular weight is 374 g/mol. The van der Waals surface area contributed by atoms with Gasteiger partial charge in [0.05, 0.1) is 12.2 Å². The molecule has 1 aliphatic heterocycles. The molecule has 0 aliphatic carbocycles. The van der Waals surface area contributed by atoms with Gasteiger partial charge in [0, 0.05) is 37.4 Å². The van der Waals surface area contributed by atoms with Crippen LogP contribution in [0.15, 0.2) is 42.5 Å². The van der Waals surface area contributed by atoms with E-state index in [0.717, 1.165) is 17.8 Å². The van der Waals surface area contributed by atoms with Crippen molar-refractivity contribution in [2.45, 2.75) is 6.92 Å². The van der Waals surface area contributed by atoms with E-state index in [1.165, 1.54) is 6.07 Å². The highest BCUT2D eigenvalue weighted by molar-refractivity contribution is 5.94. The van der Waals surface area contributed by atoms with Crippen LogP contribution in [0.1, 0.15) is 27.6 Å². The molecule has 1 fully saturated rings. The standard InChI is InChI=1S/C20H20F2N2O3/c1-2-27-20(26)14-3-6-16(7-4-14)23-9-11-24(12-10-23)19(25)15-5-8-17(21)18(22)13-15/h3-8,13H,2,9-12H2,1H3. The van der Waals surface area contributed by atoms with Gasteiger partial charge in [-0.3, -0.25) is 4.79 Å². The van der Waals surface area contributed by atoms with Gasteiger partial charge >= 0.3 is 5.97 Å². The first-order valence-corrected chi connectivity index (χ1v) is 8.76. The Hall–Kier alpha value is -2.96. The fourth-order valence-electron chi connectivity index (χ4n) is 3.00. The van der Waals surface area contributed by atoms with Crippen LogP contribution in [0.25, 0.3) is 0 Å². The smallest absolute Gasteiger partial charge is 0.338 e. The van der Waals surface area contributed by atoms with E-state index in [1.807, 2.05) is 12.1 Å². The number of hydrogen-bond acceptors (Lipinski definition) is 4. The summed E-state index contributed by atoms with van der Waals surface area (Å²) in [6.45, 7) is 4.24. The highest BCUT2D eigenvalue weighted by Gasteiger charge is 2.23. The van der Waals surface area contributed by atoms with E-state index >= 15 is 0 Å². The quantitative estimate of drug-likeness (QED) is 0.772. The number of halogens is 2. The predicted molar refractivity (Wildman–Crippen MR) is 96.9 cm³/mol. The van der Waals surface area contributed by atoms with Gasteiger partial charge in [0.25, 0.3) is 5.91 Å². The first-order chi connectivity index (χ1) is 13.0. The number of piperazine rings is 1. The Labute approximate surface area is 156 Å². The van der Waals surface area contributed by atoms with Crippen molar-refractivity contribution in [3.63, 3.8) is 0 Å². The summed E-state index contributed by atoms with van der Waals surface area (Å²) in [6, 6.07) is 10.3. The maximum Gasteiger partial charge on any atom is 0.338 e. The van der Waals surface area contributed by atoms with Gasteiger partial charge < -0.3 is 14.5 Å². The van der Waals surface area contributed by atoms with E-state index in [-0.39, 0.29) is 17.4 Å². The molecule has 0 atom stereocenters. The summed E-state index contributed by atoms with van der Waals surface area (Å²) in [5.41, 5.74) is 1.58. The molecule has 142 valence electrons. The molecule has 1 saturated heterocycles. The molecule has 5 nitrogen and oxygen atoms in total. The molecule has 1 aliphatic rings. The van der Waals surface area contributed by atoms with Crippen LogP contribution in [0.2, 0.25) is 0 Å². The molecule has 3 rings (SSSR count). The molecule has 0 radical (unpaired) electrons. The van der Waals surface area contributed by atoms with Crippen LogP contribution in [0, 0.1) is 11.6 Å². The Bertz CT molecular complexity index is 832. The number of rotatable bonds is 4. The zero-order valence-electron chi connectivity index (χ0n) is 15.0. The van der Waals surface area contributed by atoms with Crippen LogP contribution in [0.5, 0.6) is 0 Å². The molecule has 27 heavy (non-hydrogen) atoms. The average Bonchev–Trinajstić information content (AvgIpc) is 2.70. The number of hydrogen-bond donors (Lipinski definition) is 0. The number of benzene rings is 2. The lowest BCUT2D eigenvalue weighted by Crippen LogP contribution is -2.48. The number of amides is 1. The highest BCUT2D eigenvalue weighted by atomic mass is 19.2. The molecule has 2 aromatic rings. The van der Waals surface area contributed by atoms with Crippen LogP contribution in [-0.4, -0.2) is 49.6 Å². The Balaban J connectivity index is 1.60. The predicted octanol–water partition coefficient (Wildman–Crippen LogP) is 3.10. The van der Waals surface area contributed by atoms with Crippen LogP contribution in [0.4, 0.5) is 14.5 Å². The number of carbonyl (C=O) groups is 2. The molecule has 1 heterocycles. The largest absolute Gasteiger partial charge is 0.462 e. The van der Waals surface area contributed by atoms with Gasteiger partial charge in [0.1, 0.15) is 0 Å². The third-order valence-electron chi connectivity index (χ3n) is 4.48. The maximum atomic E-state index is 13.3. The Kier molecular flexibility index (Phi) is 5.69. The summed E-state index contributed by atoms with van der Waals surface area (Å²) in [5, 5.41) is 0. The van der Waals surface area contributed by atoms with Crippen LogP contribution >= 0.6 is 0 Å². The zero-order chi connectivity index (χ0) is 19.4. The maximum absolute atomic E-state index is 13.3. The Morgan fingerprint density at radius 1 is 0.926 bits per heavy atom. The number of anilines is 1. The molecular weight excluding hydrogens is 354 g/mol. The van der Waals surface area contributed by atoms with Crippen molar-refractivity contribution in [2.24, 2.45) is 0 Å². The van der Waals surface area contributed by atoms with Crippen molar-refractivity contribution >= 4 is 17.6 Å². The van der Waals surface area contributed by atoms with E-state index in [0.29, 0.717) is 38.3 Å². The Morgan fingerprint density at radius 2 is 1.56 bits per heavy atom. The lowest BCUT2D eigenvalue weighted by atomic mass is 10.1. The number of nitrogens with zero attached hydrogens (tertiary/aromatic N) is 2. The lowest BCUT2D eigenvalue weighted by molar-refractivity contribution is 0.0526. The van der Waals surface area contributed by atoms with Gasteiger partial charge in [-0.25, -0.2) is 13.6 Å². The SMILES string of the molecule is CCOC(=O)c1ccc(N2CCN(C(=O)c3ccc(F)c(F)c3)CC2)cc1. The molecule has 1 amide bonds. The molecule has 0 spiro atoms. The number of esters is 1. The minimum absolute atomic E-state index is 0.140. The van der Waals surface area contributed by atoms with Gasteiger partial charge in [0.2, 0.25) is 0 Å². The molecular formula is C20H20F2N2O3. The second kappa shape index (κ2) is 8.16. The third-order valence-corrected chi connectivity index (χ3v) is 4.48. The van der Waals surface area contributed by atoms with Crippen molar-refractivity contribution in [2.75, 3.05) is 37.7 Å². The highest BCUT2D eigenvalue weighted by Crippen LogP contribution is 2.19. The van der Waals surface area contributed by atoms with Gasteiger partial charge in [-0.15, -0.1) is 0 Å². The Morgan fingerprint density at radius 3 is 2.15 bits per heavy atom. The zero-order valence-corrected chi connectivity index (χ0v) is 15.0. The molecule has 0 aromatic heterocycles. The summed E-state index contributed by atoms with van der Waals surface area (Å²) in [5.74, 6) is -2.67. The van der Waals surface area contributed by atoms with Crippen LogP contribution in [-0.2, 0) is 4.74 Å². The molecule has 0 N–H and O–H groups in total. The van der Waals surface area contributed by atoms with Gasteiger partial charge in [-0.2, -0.15) is 0 Å². The van der Waals surface area contributed by atoms with Crippen molar-refractivity contribution in [3.8, 4) is 0 Å². The normalized spacial score (nSPS) is 14.2. The van der Waals surface area contributed by atoms with Gasteiger partial charge in [-0.1, -0.05) is 0 Å². The first-order valence-electron chi connectivity index (χ1n) is 8.76.